The van der Waals surface area contributed by atoms with Crippen LogP contribution >= 0.6 is 8.81 Å². The lowest BCUT2D eigenvalue weighted by Gasteiger charge is -2.18. The van der Waals surface area contributed by atoms with Crippen molar-refractivity contribution in [3.05, 3.63) is 71.8 Å². The van der Waals surface area contributed by atoms with Gasteiger partial charge in [-0.05, 0) is 36.6 Å². The van der Waals surface area contributed by atoms with Gasteiger partial charge in [0.2, 0.25) is 0 Å². The summed E-state index contributed by atoms with van der Waals surface area (Å²) >= 11 is 0. The molecule has 1 unspecified atom stereocenters. The minimum atomic E-state index is 0.493. The quantitative estimate of drug-likeness (QED) is 0.514. The fraction of sp³-hybridized carbons (Fsp3) is 0.333. The van der Waals surface area contributed by atoms with Gasteiger partial charge in [-0.2, -0.15) is 0 Å². The molecule has 3 rings (SSSR count). The van der Waals surface area contributed by atoms with Gasteiger partial charge in [-0.25, -0.2) is 0 Å². The van der Waals surface area contributed by atoms with Crippen molar-refractivity contribution in [1.29, 1.82) is 0 Å². The summed E-state index contributed by atoms with van der Waals surface area (Å²) in [5.41, 5.74) is 2.82. The first kappa shape index (κ1) is 13.8. The zero-order valence-corrected chi connectivity index (χ0v) is 12.7. The van der Waals surface area contributed by atoms with E-state index in [0.717, 1.165) is 6.16 Å². The Morgan fingerprint density at radius 3 is 1.95 bits per heavy atom. The van der Waals surface area contributed by atoms with Crippen LogP contribution in [0.4, 0.5) is 0 Å². The van der Waals surface area contributed by atoms with E-state index in [1.54, 1.807) is 0 Å². The largest absolute Gasteiger partial charge is 0.359 e. The lowest BCUT2D eigenvalue weighted by Crippen LogP contribution is -2.02. The molecule has 2 heteroatoms. The molecule has 0 aliphatic heterocycles. The number of hydrogen-bond donors (Lipinski definition) is 0. The minimum Gasteiger partial charge on any atom is -0.359 e. The standard InChI is InChI=1S/C18H21OP/c1-3-7-15(8-4-1)18(16-9-5-2-6-10-16)13-14-20-19-17-11-12-17/h1-10,17-18,20H,11-14H2. The predicted octanol–water partition coefficient (Wildman–Crippen LogP) is 4.98. The molecule has 1 saturated carbocycles. The van der Waals surface area contributed by atoms with Crippen molar-refractivity contribution >= 4 is 8.81 Å². The van der Waals surface area contributed by atoms with Gasteiger partial charge in [-0.15, -0.1) is 0 Å². The van der Waals surface area contributed by atoms with Gasteiger partial charge in [0.25, 0.3) is 0 Å². The predicted molar refractivity (Wildman–Crippen MR) is 86.6 cm³/mol. The molecular weight excluding hydrogens is 263 g/mol. The summed E-state index contributed by atoms with van der Waals surface area (Å²) in [4.78, 5) is 0. The minimum absolute atomic E-state index is 0.493. The van der Waals surface area contributed by atoms with Crippen molar-refractivity contribution < 1.29 is 4.52 Å². The summed E-state index contributed by atoms with van der Waals surface area (Å²) < 4.78 is 5.80. The lowest BCUT2D eigenvalue weighted by atomic mass is 9.89. The van der Waals surface area contributed by atoms with Gasteiger partial charge in [-0.3, -0.25) is 0 Å². The third kappa shape index (κ3) is 3.91. The molecule has 1 aliphatic rings. The van der Waals surface area contributed by atoms with E-state index in [0.29, 0.717) is 20.8 Å². The average Bonchev–Trinajstić information content (AvgIpc) is 3.33. The van der Waals surface area contributed by atoms with Crippen molar-refractivity contribution in [1.82, 2.24) is 0 Å². The highest BCUT2D eigenvalue weighted by Crippen LogP contribution is 2.34. The van der Waals surface area contributed by atoms with Crippen LogP contribution in [0.25, 0.3) is 0 Å². The molecule has 0 saturated heterocycles. The van der Waals surface area contributed by atoms with E-state index < -0.39 is 0 Å². The van der Waals surface area contributed by atoms with Gasteiger partial charge in [0.05, 0.1) is 6.10 Å². The van der Waals surface area contributed by atoms with Crippen LogP contribution in [-0.2, 0) is 4.52 Å². The van der Waals surface area contributed by atoms with Crippen LogP contribution in [0, 0.1) is 0 Å². The van der Waals surface area contributed by atoms with Crippen LogP contribution in [-0.4, -0.2) is 12.3 Å². The fourth-order valence-electron chi connectivity index (χ4n) is 2.46. The van der Waals surface area contributed by atoms with Gasteiger partial charge in [0.15, 0.2) is 0 Å². The first-order valence-corrected chi connectivity index (χ1v) is 8.53. The first-order chi connectivity index (χ1) is 9.93. The van der Waals surface area contributed by atoms with Gasteiger partial charge in [0.1, 0.15) is 0 Å². The van der Waals surface area contributed by atoms with E-state index >= 15 is 0 Å². The molecule has 0 N–H and O–H groups in total. The number of hydrogen-bond acceptors (Lipinski definition) is 1. The molecule has 2 aromatic rings. The molecule has 1 atom stereocenters. The van der Waals surface area contributed by atoms with Crippen molar-refractivity contribution in [2.24, 2.45) is 0 Å². The molecule has 0 heterocycles. The second-order valence-electron chi connectivity index (χ2n) is 5.37. The molecule has 20 heavy (non-hydrogen) atoms. The smallest absolute Gasteiger partial charge is 0.0616 e. The van der Waals surface area contributed by atoms with Crippen molar-refractivity contribution in [3.8, 4) is 0 Å². The maximum absolute atomic E-state index is 5.80. The highest BCUT2D eigenvalue weighted by atomic mass is 31.1. The molecule has 2 aromatic carbocycles. The molecule has 0 radical (unpaired) electrons. The van der Waals surface area contributed by atoms with Crippen LogP contribution < -0.4 is 0 Å². The highest BCUT2D eigenvalue weighted by Gasteiger charge is 2.22. The Balaban J connectivity index is 1.66. The third-order valence-electron chi connectivity index (χ3n) is 3.71. The van der Waals surface area contributed by atoms with E-state index in [-0.39, 0.29) is 0 Å². The zero-order chi connectivity index (χ0) is 13.6. The van der Waals surface area contributed by atoms with Crippen molar-refractivity contribution in [3.63, 3.8) is 0 Å². The van der Waals surface area contributed by atoms with E-state index in [9.17, 15) is 0 Å². The average molecular weight is 284 g/mol. The Bertz CT molecular complexity index is 468. The molecule has 0 amide bonds. The molecule has 1 aliphatic carbocycles. The molecule has 1 fully saturated rings. The van der Waals surface area contributed by atoms with Gasteiger partial charge < -0.3 is 4.52 Å². The summed E-state index contributed by atoms with van der Waals surface area (Å²) in [6, 6.07) is 21.7. The topological polar surface area (TPSA) is 9.23 Å². The SMILES string of the molecule is c1ccc(C(CCPOC2CC2)c2ccccc2)cc1. The Kier molecular flexibility index (Phi) is 4.84. The molecular formula is C18H21OP. The molecule has 1 nitrogen and oxygen atoms in total. The van der Waals surface area contributed by atoms with Gasteiger partial charge in [0, 0.05) is 14.7 Å². The first-order valence-electron chi connectivity index (χ1n) is 7.42. The van der Waals surface area contributed by atoms with Gasteiger partial charge in [-0.1, -0.05) is 60.7 Å². The van der Waals surface area contributed by atoms with Crippen LogP contribution in [0.5, 0.6) is 0 Å². The van der Waals surface area contributed by atoms with Gasteiger partial charge >= 0.3 is 0 Å². The normalized spacial score (nSPS) is 15.2. The second-order valence-corrected chi connectivity index (χ2v) is 6.40. The third-order valence-corrected chi connectivity index (χ3v) is 4.71. The Morgan fingerprint density at radius 1 is 0.900 bits per heavy atom. The molecule has 0 aromatic heterocycles. The van der Waals surface area contributed by atoms with E-state index in [1.807, 2.05) is 0 Å². The van der Waals surface area contributed by atoms with Crippen molar-refractivity contribution in [2.75, 3.05) is 6.16 Å². The van der Waals surface area contributed by atoms with E-state index in [4.69, 9.17) is 4.52 Å². The maximum atomic E-state index is 5.80. The number of benzene rings is 2. The summed E-state index contributed by atoms with van der Waals surface area (Å²) in [5, 5.41) is 0. The van der Waals surface area contributed by atoms with Crippen LogP contribution in [0.2, 0.25) is 0 Å². The highest BCUT2D eigenvalue weighted by molar-refractivity contribution is 7.32. The summed E-state index contributed by atoms with van der Waals surface area (Å²) in [6.07, 6.45) is 5.45. The second kappa shape index (κ2) is 7.02. The Labute approximate surface area is 123 Å². The number of rotatable bonds is 7. The fourth-order valence-corrected chi connectivity index (χ4v) is 3.46. The van der Waals surface area contributed by atoms with Crippen LogP contribution in [0.3, 0.4) is 0 Å². The van der Waals surface area contributed by atoms with E-state index in [1.165, 1.54) is 30.4 Å². The van der Waals surface area contributed by atoms with E-state index in [2.05, 4.69) is 60.7 Å². The maximum Gasteiger partial charge on any atom is 0.0616 e. The van der Waals surface area contributed by atoms with Crippen molar-refractivity contribution in [2.45, 2.75) is 31.3 Å². The molecule has 0 spiro atoms. The summed E-state index contributed by atoms with van der Waals surface area (Å²) in [7, 11) is 0.658. The van der Waals surface area contributed by atoms with Crippen LogP contribution in [0.15, 0.2) is 60.7 Å². The summed E-state index contributed by atoms with van der Waals surface area (Å²) in [5.74, 6) is 0.493. The molecule has 104 valence electrons. The Morgan fingerprint density at radius 2 is 1.45 bits per heavy atom. The Hall–Kier alpha value is -1.17. The monoisotopic (exact) mass is 284 g/mol. The molecule has 0 bridgehead atoms. The summed E-state index contributed by atoms with van der Waals surface area (Å²) in [6.45, 7) is 0. The van der Waals surface area contributed by atoms with Crippen LogP contribution in [0.1, 0.15) is 36.3 Å². The lowest BCUT2D eigenvalue weighted by molar-refractivity contribution is 0.348. The zero-order valence-electron chi connectivity index (χ0n) is 11.7.